The quantitative estimate of drug-likeness (QED) is 0.304. The van der Waals surface area contributed by atoms with Crippen LogP contribution in [0.3, 0.4) is 0 Å². The van der Waals surface area contributed by atoms with E-state index in [9.17, 15) is 21.6 Å². The summed E-state index contributed by atoms with van der Waals surface area (Å²) in [6.45, 7) is 5.60. The summed E-state index contributed by atoms with van der Waals surface area (Å²) in [5.74, 6) is 0.715. The number of nitrogens with zero attached hydrogens (tertiary/aromatic N) is 2. The lowest BCUT2D eigenvalue weighted by molar-refractivity contribution is -0.0496. The molecular weight excluding hydrogens is 532 g/mol. The average Bonchev–Trinajstić information content (AvgIpc) is 2.65. The number of hydrogen-bond acceptors (Lipinski definition) is 3. The van der Waals surface area contributed by atoms with Crippen molar-refractivity contribution in [2.75, 3.05) is 32.7 Å². The van der Waals surface area contributed by atoms with E-state index in [2.05, 4.69) is 27.8 Å². The van der Waals surface area contributed by atoms with Gasteiger partial charge in [0, 0.05) is 32.7 Å². The number of alkyl halides is 3. The molecule has 0 spiro atoms. The van der Waals surface area contributed by atoms with E-state index in [4.69, 9.17) is 0 Å². The molecule has 1 aliphatic heterocycles. The minimum absolute atomic E-state index is 0. The Morgan fingerprint density at radius 2 is 1.90 bits per heavy atom. The van der Waals surface area contributed by atoms with Crippen molar-refractivity contribution >= 4 is 40.0 Å². The van der Waals surface area contributed by atoms with E-state index in [1.807, 2.05) is 26.0 Å². The molecule has 1 aliphatic rings. The number of sulfonamides is 1. The van der Waals surface area contributed by atoms with Crippen LogP contribution in [-0.2, 0) is 16.4 Å². The Labute approximate surface area is 193 Å². The second-order valence-corrected chi connectivity index (χ2v) is 9.11. The van der Waals surface area contributed by atoms with E-state index >= 15 is 0 Å². The lowest BCUT2D eigenvalue weighted by Gasteiger charge is -2.30. The van der Waals surface area contributed by atoms with Crippen LogP contribution < -0.4 is 10.6 Å². The Balaban J connectivity index is 0.00000450. The first-order valence-corrected chi connectivity index (χ1v) is 11.2. The Morgan fingerprint density at radius 3 is 2.47 bits per heavy atom. The van der Waals surface area contributed by atoms with Crippen molar-refractivity contribution in [1.82, 2.24) is 14.9 Å². The minimum atomic E-state index is -5.24. The minimum Gasteiger partial charge on any atom is -0.357 e. The molecule has 0 aliphatic carbocycles. The Hall–Kier alpha value is -1.08. The van der Waals surface area contributed by atoms with E-state index in [0.29, 0.717) is 42.7 Å². The molecule has 0 amide bonds. The van der Waals surface area contributed by atoms with E-state index in [-0.39, 0.29) is 43.0 Å². The molecule has 1 saturated heterocycles. The van der Waals surface area contributed by atoms with Gasteiger partial charge in [0.05, 0.1) is 0 Å². The van der Waals surface area contributed by atoms with Crippen molar-refractivity contribution in [3.05, 3.63) is 35.4 Å². The van der Waals surface area contributed by atoms with Crippen molar-refractivity contribution in [1.29, 1.82) is 0 Å². The van der Waals surface area contributed by atoms with Crippen molar-refractivity contribution in [2.24, 2.45) is 10.9 Å². The third-order valence-electron chi connectivity index (χ3n) is 4.85. The maximum Gasteiger partial charge on any atom is 0.511 e. The summed E-state index contributed by atoms with van der Waals surface area (Å²) in [6, 6.07) is 8.28. The predicted octanol–water partition coefficient (Wildman–Crippen LogP) is 3.27. The number of aliphatic imine (C=N–C) groups is 1. The number of rotatable bonds is 7. The van der Waals surface area contributed by atoms with Crippen LogP contribution >= 0.6 is 24.0 Å². The molecule has 0 radical (unpaired) electrons. The molecule has 1 aromatic rings. The fourth-order valence-corrected chi connectivity index (χ4v) is 4.22. The third kappa shape index (κ3) is 7.88. The number of piperidine rings is 1. The van der Waals surface area contributed by atoms with Gasteiger partial charge >= 0.3 is 15.5 Å². The van der Waals surface area contributed by atoms with Gasteiger partial charge in [-0.25, -0.2) is 8.42 Å². The highest BCUT2D eigenvalue weighted by Crippen LogP contribution is 2.30. The van der Waals surface area contributed by atoms with E-state index in [1.54, 1.807) is 0 Å². The van der Waals surface area contributed by atoms with Crippen molar-refractivity contribution in [2.45, 2.75) is 38.6 Å². The van der Waals surface area contributed by atoms with Gasteiger partial charge < -0.3 is 10.6 Å². The molecule has 0 unspecified atom stereocenters. The molecule has 30 heavy (non-hydrogen) atoms. The lowest BCUT2D eigenvalue weighted by Crippen LogP contribution is -2.45. The highest BCUT2D eigenvalue weighted by Gasteiger charge is 2.50. The molecule has 0 saturated carbocycles. The Morgan fingerprint density at radius 1 is 1.23 bits per heavy atom. The average molecular weight is 562 g/mol. The van der Waals surface area contributed by atoms with Crippen LogP contribution in [-0.4, -0.2) is 56.9 Å². The number of halogens is 4. The zero-order valence-corrected chi connectivity index (χ0v) is 20.4. The summed E-state index contributed by atoms with van der Waals surface area (Å²) in [4.78, 5) is 4.53. The van der Waals surface area contributed by atoms with Gasteiger partial charge in [0.15, 0.2) is 5.96 Å². The van der Waals surface area contributed by atoms with Gasteiger partial charge in [0.25, 0.3) is 0 Å². The maximum absolute atomic E-state index is 12.6. The second kappa shape index (κ2) is 12.1. The first kappa shape index (κ1) is 27.0. The van der Waals surface area contributed by atoms with Crippen molar-refractivity contribution < 1.29 is 21.6 Å². The van der Waals surface area contributed by atoms with Gasteiger partial charge in [-0.15, -0.1) is 24.0 Å². The topological polar surface area (TPSA) is 73.8 Å². The fraction of sp³-hybridized carbons (Fsp3) is 0.632. The van der Waals surface area contributed by atoms with Crippen LogP contribution in [0.25, 0.3) is 0 Å². The van der Waals surface area contributed by atoms with Crippen LogP contribution in [0.2, 0.25) is 0 Å². The zero-order chi connectivity index (χ0) is 21.5. The SMILES string of the molecule is CCNC(=NCC1CCN(S(=O)(=O)C(F)(F)F)CC1)NCCc1cccc(C)c1.I. The third-order valence-corrected chi connectivity index (χ3v) is 6.48. The first-order chi connectivity index (χ1) is 13.6. The summed E-state index contributed by atoms with van der Waals surface area (Å²) in [7, 11) is -5.23. The van der Waals surface area contributed by atoms with Gasteiger partial charge in [0.2, 0.25) is 0 Å². The van der Waals surface area contributed by atoms with Gasteiger partial charge in [-0.3, -0.25) is 4.99 Å². The van der Waals surface area contributed by atoms with Crippen LogP contribution in [0.15, 0.2) is 29.3 Å². The Bertz CT molecular complexity index is 795. The predicted molar refractivity (Wildman–Crippen MR) is 124 cm³/mol. The molecule has 0 bridgehead atoms. The molecule has 11 heteroatoms. The normalized spacial score (nSPS) is 16.8. The number of nitrogens with one attached hydrogen (secondary N) is 2. The van der Waals surface area contributed by atoms with Gasteiger partial charge in [-0.05, 0) is 44.6 Å². The van der Waals surface area contributed by atoms with Crippen LogP contribution in [0.4, 0.5) is 13.2 Å². The summed E-state index contributed by atoms with van der Waals surface area (Å²) in [5.41, 5.74) is -2.80. The largest absolute Gasteiger partial charge is 0.511 e. The number of benzene rings is 1. The molecule has 1 aromatic carbocycles. The summed E-state index contributed by atoms with van der Waals surface area (Å²) < 4.78 is 61.4. The highest BCUT2D eigenvalue weighted by atomic mass is 127. The number of hydrogen-bond donors (Lipinski definition) is 2. The molecule has 1 heterocycles. The summed E-state index contributed by atoms with van der Waals surface area (Å²) in [6.07, 6.45) is 1.57. The summed E-state index contributed by atoms with van der Waals surface area (Å²) >= 11 is 0. The second-order valence-electron chi connectivity index (χ2n) is 7.18. The van der Waals surface area contributed by atoms with Gasteiger partial charge in [0.1, 0.15) is 0 Å². The number of aryl methyl sites for hydroxylation is 1. The van der Waals surface area contributed by atoms with Crippen LogP contribution in [0.5, 0.6) is 0 Å². The highest BCUT2D eigenvalue weighted by molar-refractivity contribution is 14.0. The van der Waals surface area contributed by atoms with Gasteiger partial charge in [-0.2, -0.15) is 17.5 Å². The smallest absolute Gasteiger partial charge is 0.357 e. The Kier molecular flexibility index (Phi) is 10.9. The fourth-order valence-electron chi connectivity index (χ4n) is 3.23. The summed E-state index contributed by atoms with van der Waals surface area (Å²) in [5, 5.41) is 6.42. The zero-order valence-electron chi connectivity index (χ0n) is 17.2. The maximum atomic E-state index is 12.6. The van der Waals surface area contributed by atoms with E-state index in [0.717, 1.165) is 6.42 Å². The van der Waals surface area contributed by atoms with E-state index in [1.165, 1.54) is 11.1 Å². The molecule has 172 valence electrons. The molecule has 2 N–H and O–H groups in total. The molecule has 0 aromatic heterocycles. The van der Waals surface area contributed by atoms with Crippen LogP contribution in [0, 0.1) is 12.8 Å². The lowest BCUT2D eigenvalue weighted by atomic mass is 9.98. The first-order valence-electron chi connectivity index (χ1n) is 9.77. The molecule has 6 nitrogen and oxygen atoms in total. The van der Waals surface area contributed by atoms with E-state index < -0.39 is 15.5 Å². The van der Waals surface area contributed by atoms with Crippen LogP contribution in [0.1, 0.15) is 30.9 Å². The molecular formula is C19H30F3IN4O2S. The monoisotopic (exact) mass is 562 g/mol. The van der Waals surface area contributed by atoms with Crippen molar-refractivity contribution in [3.8, 4) is 0 Å². The molecule has 0 atom stereocenters. The molecule has 2 rings (SSSR count). The standard InChI is InChI=1S/C19H29F3N4O2S.HI/c1-3-23-18(24-10-7-16-6-4-5-15(2)13-16)25-14-17-8-11-26(12-9-17)29(27,28)19(20,21)22;/h4-6,13,17H,3,7-12,14H2,1-2H3,(H2,23,24,25);1H. The van der Waals surface area contributed by atoms with Crippen molar-refractivity contribution in [3.63, 3.8) is 0 Å². The number of guanidine groups is 1. The van der Waals surface area contributed by atoms with Gasteiger partial charge in [-0.1, -0.05) is 29.8 Å². The molecule has 1 fully saturated rings.